The van der Waals surface area contributed by atoms with Gasteiger partial charge in [-0.2, -0.15) is 0 Å². The zero-order chi connectivity index (χ0) is 11.7. The normalized spacial score (nSPS) is 25.8. The molecule has 1 saturated heterocycles. The standard InChI is InChI=1S/C13H19BrN2/c1-9-5-10(2)8-16(7-9)13-4-3-11(15)6-12(13)14/h3-4,6,9-10H,5,7-8,15H2,1-2H3/t9-,10+. The Morgan fingerprint density at radius 2 is 1.88 bits per heavy atom. The Hall–Kier alpha value is -0.700. The molecule has 2 N–H and O–H groups in total. The van der Waals surface area contributed by atoms with Crippen molar-refractivity contribution in [3.8, 4) is 0 Å². The van der Waals surface area contributed by atoms with Gasteiger partial charge in [0.05, 0.1) is 5.69 Å². The molecule has 3 heteroatoms. The fourth-order valence-electron chi connectivity index (χ4n) is 2.64. The second-order valence-electron chi connectivity index (χ2n) is 5.06. The summed E-state index contributed by atoms with van der Waals surface area (Å²) >= 11 is 3.60. The smallest absolute Gasteiger partial charge is 0.0512 e. The van der Waals surface area contributed by atoms with Gasteiger partial charge in [0.1, 0.15) is 0 Å². The molecule has 0 saturated carbocycles. The number of rotatable bonds is 1. The minimum Gasteiger partial charge on any atom is -0.399 e. The summed E-state index contributed by atoms with van der Waals surface area (Å²) in [5.74, 6) is 1.54. The van der Waals surface area contributed by atoms with E-state index in [1.54, 1.807) is 0 Å². The van der Waals surface area contributed by atoms with Crippen LogP contribution in [-0.4, -0.2) is 13.1 Å². The summed E-state index contributed by atoms with van der Waals surface area (Å²) in [6.07, 6.45) is 1.34. The third-order valence-corrected chi connectivity index (χ3v) is 3.82. The summed E-state index contributed by atoms with van der Waals surface area (Å²) in [4.78, 5) is 2.46. The Bertz CT molecular complexity index is 368. The van der Waals surface area contributed by atoms with Crippen molar-refractivity contribution in [2.24, 2.45) is 11.8 Å². The van der Waals surface area contributed by atoms with Gasteiger partial charge in [-0.1, -0.05) is 13.8 Å². The minimum atomic E-state index is 0.771. The van der Waals surface area contributed by atoms with E-state index in [1.165, 1.54) is 12.1 Å². The van der Waals surface area contributed by atoms with Crippen LogP contribution in [0.4, 0.5) is 11.4 Å². The van der Waals surface area contributed by atoms with Gasteiger partial charge in [0.15, 0.2) is 0 Å². The molecule has 1 aliphatic rings. The molecule has 0 bridgehead atoms. The maximum Gasteiger partial charge on any atom is 0.0512 e. The number of hydrogen-bond acceptors (Lipinski definition) is 2. The van der Waals surface area contributed by atoms with Gasteiger partial charge in [-0.15, -0.1) is 0 Å². The maximum absolute atomic E-state index is 5.76. The lowest BCUT2D eigenvalue weighted by Crippen LogP contribution is -2.38. The summed E-state index contributed by atoms with van der Waals surface area (Å²) in [5.41, 5.74) is 7.85. The van der Waals surface area contributed by atoms with Crippen molar-refractivity contribution in [3.05, 3.63) is 22.7 Å². The molecule has 1 aliphatic heterocycles. The Labute approximate surface area is 106 Å². The van der Waals surface area contributed by atoms with Crippen LogP contribution in [-0.2, 0) is 0 Å². The summed E-state index contributed by atoms with van der Waals surface area (Å²) in [6.45, 7) is 6.95. The van der Waals surface area contributed by atoms with Crippen LogP contribution in [0, 0.1) is 11.8 Å². The molecule has 88 valence electrons. The molecule has 0 aromatic heterocycles. The monoisotopic (exact) mass is 282 g/mol. The zero-order valence-electron chi connectivity index (χ0n) is 9.91. The molecule has 16 heavy (non-hydrogen) atoms. The molecule has 0 radical (unpaired) electrons. The first-order valence-electron chi connectivity index (χ1n) is 5.86. The average Bonchev–Trinajstić information content (AvgIpc) is 2.15. The number of nitrogen functional groups attached to an aromatic ring is 1. The molecular formula is C13H19BrN2. The van der Waals surface area contributed by atoms with Gasteiger partial charge in [-0.25, -0.2) is 0 Å². The Morgan fingerprint density at radius 3 is 2.44 bits per heavy atom. The van der Waals surface area contributed by atoms with Crippen LogP contribution in [0.1, 0.15) is 20.3 Å². The van der Waals surface area contributed by atoms with Gasteiger partial charge in [0, 0.05) is 23.2 Å². The Kier molecular flexibility index (Phi) is 3.43. The number of anilines is 2. The predicted molar refractivity (Wildman–Crippen MR) is 73.7 cm³/mol. The van der Waals surface area contributed by atoms with E-state index in [2.05, 4.69) is 40.7 Å². The van der Waals surface area contributed by atoms with Crippen LogP contribution in [0.15, 0.2) is 22.7 Å². The lowest BCUT2D eigenvalue weighted by Gasteiger charge is -2.37. The molecule has 0 unspecified atom stereocenters. The SMILES string of the molecule is C[C@@H]1C[C@H](C)CN(c2ccc(N)cc2Br)C1. The lowest BCUT2D eigenvalue weighted by atomic mass is 9.91. The molecule has 0 spiro atoms. The van der Waals surface area contributed by atoms with Gasteiger partial charge < -0.3 is 10.6 Å². The molecule has 2 nitrogen and oxygen atoms in total. The molecule has 2 atom stereocenters. The molecule has 2 rings (SSSR count). The molecule has 0 aliphatic carbocycles. The van der Waals surface area contributed by atoms with Crippen LogP contribution < -0.4 is 10.6 Å². The summed E-state index contributed by atoms with van der Waals surface area (Å²) in [6, 6.07) is 6.08. The van der Waals surface area contributed by atoms with Crippen molar-refractivity contribution >= 4 is 27.3 Å². The molecule has 1 heterocycles. The third-order valence-electron chi connectivity index (χ3n) is 3.18. The van der Waals surface area contributed by atoms with Crippen LogP contribution in [0.2, 0.25) is 0 Å². The fourth-order valence-corrected chi connectivity index (χ4v) is 3.29. The van der Waals surface area contributed by atoms with Crippen LogP contribution >= 0.6 is 15.9 Å². The molecule has 1 fully saturated rings. The van der Waals surface area contributed by atoms with E-state index in [-0.39, 0.29) is 0 Å². The van der Waals surface area contributed by atoms with Crippen LogP contribution in [0.3, 0.4) is 0 Å². The van der Waals surface area contributed by atoms with E-state index >= 15 is 0 Å². The summed E-state index contributed by atoms with van der Waals surface area (Å²) in [7, 11) is 0. The minimum absolute atomic E-state index is 0.771. The highest BCUT2D eigenvalue weighted by atomic mass is 79.9. The third kappa shape index (κ3) is 2.51. The number of nitrogens with two attached hydrogens (primary N) is 1. The lowest BCUT2D eigenvalue weighted by molar-refractivity contribution is 0.356. The van der Waals surface area contributed by atoms with Crippen molar-refractivity contribution in [3.63, 3.8) is 0 Å². The predicted octanol–water partition coefficient (Wildman–Crippen LogP) is 3.51. The van der Waals surface area contributed by atoms with Crippen molar-refractivity contribution in [2.45, 2.75) is 20.3 Å². The van der Waals surface area contributed by atoms with Crippen molar-refractivity contribution in [1.29, 1.82) is 0 Å². The van der Waals surface area contributed by atoms with E-state index < -0.39 is 0 Å². The quantitative estimate of drug-likeness (QED) is 0.799. The topological polar surface area (TPSA) is 29.3 Å². The fraction of sp³-hybridized carbons (Fsp3) is 0.538. The van der Waals surface area contributed by atoms with Gasteiger partial charge in [0.25, 0.3) is 0 Å². The molecule has 1 aromatic rings. The first-order chi connectivity index (χ1) is 7.56. The Morgan fingerprint density at radius 1 is 1.25 bits per heavy atom. The van der Waals surface area contributed by atoms with Gasteiger partial charge in [-0.05, 0) is 52.4 Å². The van der Waals surface area contributed by atoms with Crippen molar-refractivity contribution in [2.75, 3.05) is 23.7 Å². The van der Waals surface area contributed by atoms with E-state index in [4.69, 9.17) is 5.73 Å². The summed E-state index contributed by atoms with van der Waals surface area (Å²) in [5, 5.41) is 0. The number of piperidine rings is 1. The number of nitrogens with zero attached hydrogens (tertiary/aromatic N) is 1. The molecule has 0 amide bonds. The van der Waals surface area contributed by atoms with Crippen molar-refractivity contribution < 1.29 is 0 Å². The highest BCUT2D eigenvalue weighted by Crippen LogP contribution is 2.32. The highest BCUT2D eigenvalue weighted by molar-refractivity contribution is 9.10. The van der Waals surface area contributed by atoms with E-state index in [9.17, 15) is 0 Å². The van der Waals surface area contributed by atoms with Gasteiger partial charge >= 0.3 is 0 Å². The summed E-state index contributed by atoms with van der Waals surface area (Å²) < 4.78 is 1.11. The largest absolute Gasteiger partial charge is 0.399 e. The molecule has 1 aromatic carbocycles. The van der Waals surface area contributed by atoms with Gasteiger partial charge in [-0.3, -0.25) is 0 Å². The maximum atomic E-state index is 5.76. The zero-order valence-corrected chi connectivity index (χ0v) is 11.5. The first kappa shape index (κ1) is 11.8. The van der Waals surface area contributed by atoms with Crippen molar-refractivity contribution in [1.82, 2.24) is 0 Å². The Balaban J connectivity index is 2.23. The van der Waals surface area contributed by atoms with E-state index in [0.29, 0.717) is 0 Å². The highest BCUT2D eigenvalue weighted by Gasteiger charge is 2.23. The first-order valence-corrected chi connectivity index (χ1v) is 6.65. The molecular weight excluding hydrogens is 264 g/mol. The average molecular weight is 283 g/mol. The van der Waals surface area contributed by atoms with Crippen LogP contribution in [0.25, 0.3) is 0 Å². The number of hydrogen-bond donors (Lipinski definition) is 1. The van der Waals surface area contributed by atoms with E-state index in [1.807, 2.05) is 12.1 Å². The number of halogens is 1. The van der Waals surface area contributed by atoms with Crippen LogP contribution in [0.5, 0.6) is 0 Å². The van der Waals surface area contributed by atoms with E-state index in [0.717, 1.165) is 35.1 Å². The number of benzene rings is 1. The second-order valence-corrected chi connectivity index (χ2v) is 5.92. The second kappa shape index (κ2) is 4.66. The van der Waals surface area contributed by atoms with Gasteiger partial charge in [0.2, 0.25) is 0 Å².